The van der Waals surface area contributed by atoms with Crippen LogP contribution in [0.4, 0.5) is 8.78 Å². The Labute approximate surface area is 108 Å². The molecule has 0 unspecified atom stereocenters. The molecule has 0 aliphatic rings. The maximum absolute atomic E-state index is 13.6. The summed E-state index contributed by atoms with van der Waals surface area (Å²) in [6, 6.07) is 2.74. The minimum absolute atomic E-state index is 0.0612. The molecule has 18 heavy (non-hydrogen) atoms. The predicted octanol–water partition coefficient (Wildman–Crippen LogP) is 4.12. The lowest BCUT2D eigenvalue weighted by Gasteiger charge is -2.11. The van der Waals surface area contributed by atoms with Gasteiger partial charge in [0.05, 0.1) is 0 Å². The maximum Gasteiger partial charge on any atom is 0.200 e. The Morgan fingerprint density at radius 3 is 2.72 bits per heavy atom. The minimum Gasteiger partial charge on any atom is -0.483 e. The molecule has 1 aromatic carbocycles. The van der Waals surface area contributed by atoms with Crippen LogP contribution in [0.25, 0.3) is 0 Å². The quantitative estimate of drug-likeness (QED) is 0.832. The summed E-state index contributed by atoms with van der Waals surface area (Å²) in [7, 11) is 0. The van der Waals surface area contributed by atoms with Gasteiger partial charge in [-0.3, -0.25) is 0 Å². The minimum atomic E-state index is -0.948. The number of rotatable bonds is 4. The predicted molar refractivity (Wildman–Crippen MR) is 66.9 cm³/mol. The summed E-state index contributed by atoms with van der Waals surface area (Å²) in [4.78, 5) is 4.02. The van der Waals surface area contributed by atoms with Crippen LogP contribution < -0.4 is 4.74 Å². The van der Waals surface area contributed by atoms with Crippen LogP contribution in [0.3, 0.4) is 0 Å². The van der Waals surface area contributed by atoms with E-state index in [1.54, 1.807) is 11.6 Å². The first-order valence-corrected chi connectivity index (χ1v) is 6.46. The average molecular weight is 269 g/mol. The molecule has 2 rings (SSSR count). The first-order chi connectivity index (χ1) is 8.58. The van der Waals surface area contributed by atoms with Crippen molar-refractivity contribution in [1.82, 2.24) is 4.98 Å². The number of thiazole rings is 1. The fraction of sp³-hybridized carbons (Fsp3) is 0.308. The summed E-state index contributed by atoms with van der Waals surface area (Å²) < 4.78 is 32.2. The lowest BCUT2D eigenvalue weighted by Crippen LogP contribution is -2.01. The van der Waals surface area contributed by atoms with Crippen LogP contribution in [0.15, 0.2) is 23.7 Å². The van der Waals surface area contributed by atoms with E-state index >= 15 is 0 Å². The van der Waals surface area contributed by atoms with E-state index in [-0.39, 0.29) is 18.3 Å². The van der Waals surface area contributed by atoms with Crippen LogP contribution in [-0.2, 0) is 6.61 Å². The summed E-state index contributed by atoms with van der Waals surface area (Å²) in [5.41, 5.74) is 0.711. The van der Waals surface area contributed by atoms with Crippen molar-refractivity contribution in [1.29, 1.82) is 0 Å². The highest BCUT2D eigenvalue weighted by molar-refractivity contribution is 7.09. The molecular formula is C13H13F2NOS. The smallest absolute Gasteiger partial charge is 0.200 e. The Morgan fingerprint density at radius 1 is 1.33 bits per heavy atom. The molecule has 0 bridgehead atoms. The van der Waals surface area contributed by atoms with Crippen LogP contribution >= 0.6 is 11.3 Å². The van der Waals surface area contributed by atoms with Gasteiger partial charge >= 0.3 is 0 Å². The van der Waals surface area contributed by atoms with Gasteiger partial charge in [0.15, 0.2) is 11.6 Å². The molecule has 0 atom stereocenters. The first kappa shape index (κ1) is 13.0. The van der Waals surface area contributed by atoms with Gasteiger partial charge in [-0.05, 0) is 23.6 Å². The highest BCUT2D eigenvalue weighted by Crippen LogP contribution is 2.27. The fourth-order valence-electron chi connectivity index (χ4n) is 1.49. The van der Waals surface area contributed by atoms with Crippen LogP contribution in [0.1, 0.15) is 30.3 Å². The molecule has 0 amide bonds. The zero-order chi connectivity index (χ0) is 13.1. The van der Waals surface area contributed by atoms with E-state index in [4.69, 9.17) is 4.74 Å². The topological polar surface area (TPSA) is 22.1 Å². The molecule has 2 nitrogen and oxygen atoms in total. The average Bonchev–Trinajstić information content (AvgIpc) is 2.83. The lowest BCUT2D eigenvalue weighted by atomic mass is 10.0. The number of hydrogen-bond acceptors (Lipinski definition) is 3. The molecule has 96 valence electrons. The molecule has 0 spiro atoms. The normalized spacial score (nSPS) is 10.9. The molecule has 0 saturated carbocycles. The van der Waals surface area contributed by atoms with E-state index in [1.165, 1.54) is 23.5 Å². The summed E-state index contributed by atoms with van der Waals surface area (Å²) in [6.07, 6.45) is 1.64. The molecule has 5 heteroatoms. The molecule has 0 aliphatic heterocycles. The van der Waals surface area contributed by atoms with Gasteiger partial charge in [0.1, 0.15) is 11.6 Å². The molecule has 0 aliphatic carbocycles. The second kappa shape index (κ2) is 5.44. The zero-order valence-electron chi connectivity index (χ0n) is 10.1. The van der Waals surface area contributed by atoms with Crippen molar-refractivity contribution in [3.05, 3.63) is 45.9 Å². The molecule has 0 N–H and O–H groups in total. The van der Waals surface area contributed by atoms with E-state index in [2.05, 4.69) is 4.98 Å². The first-order valence-electron chi connectivity index (χ1n) is 5.58. The fourth-order valence-corrected chi connectivity index (χ4v) is 2.01. The highest BCUT2D eigenvalue weighted by atomic mass is 32.1. The van der Waals surface area contributed by atoms with Gasteiger partial charge in [-0.1, -0.05) is 13.8 Å². The van der Waals surface area contributed by atoms with Crippen molar-refractivity contribution in [2.24, 2.45) is 0 Å². The van der Waals surface area contributed by atoms with Crippen molar-refractivity contribution in [3.8, 4) is 5.75 Å². The third-order valence-electron chi connectivity index (χ3n) is 2.52. The summed E-state index contributed by atoms with van der Waals surface area (Å²) in [6.45, 7) is 3.98. The number of nitrogens with zero attached hydrogens (tertiary/aromatic N) is 1. The number of aromatic nitrogens is 1. The standard InChI is InChI=1S/C13H13F2NOS/c1-8(2)9-5-10(14)13(15)11(6-9)17-7-12-16-3-4-18-12/h3-6,8H,7H2,1-2H3. The second-order valence-electron chi connectivity index (χ2n) is 4.18. The van der Waals surface area contributed by atoms with E-state index in [9.17, 15) is 8.78 Å². The highest BCUT2D eigenvalue weighted by Gasteiger charge is 2.14. The van der Waals surface area contributed by atoms with Gasteiger partial charge in [-0.2, -0.15) is 4.39 Å². The van der Waals surface area contributed by atoms with Crippen molar-refractivity contribution in [2.75, 3.05) is 0 Å². The Kier molecular flexibility index (Phi) is 3.91. The van der Waals surface area contributed by atoms with Gasteiger partial charge < -0.3 is 4.74 Å². The number of hydrogen-bond donors (Lipinski definition) is 0. The monoisotopic (exact) mass is 269 g/mol. The number of ether oxygens (including phenoxy) is 1. The van der Waals surface area contributed by atoms with E-state index in [0.717, 1.165) is 5.01 Å². The lowest BCUT2D eigenvalue weighted by molar-refractivity contribution is 0.283. The van der Waals surface area contributed by atoms with Gasteiger partial charge in [0, 0.05) is 11.6 Å². The van der Waals surface area contributed by atoms with Crippen LogP contribution in [0, 0.1) is 11.6 Å². The van der Waals surface area contributed by atoms with Crippen molar-refractivity contribution in [2.45, 2.75) is 26.4 Å². The van der Waals surface area contributed by atoms with Gasteiger partial charge in [-0.15, -0.1) is 11.3 Å². The Morgan fingerprint density at radius 2 is 2.11 bits per heavy atom. The third kappa shape index (κ3) is 2.85. The van der Waals surface area contributed by atoms with Gasteiger partial charge in [0.25, 0.3) is 0 Å². The van der Waals surface area contributed by atoms with Crippen molar-refractivity contribution < 1.29 is 13.5 Å². The zero-order valence-corrected chi connectivity index (χ0v) is 10.9. The van der Waals surface area contributed by atoms with Crippen LogP contribution in [0.5, 0.6) is 5.75 Å². The SMILES string of the molecule is CC(C)c1cc(F)c(F)c(OCc2nccs2)c1. The molecule has 2 aromatic rings. The summed E-state index contributed by atoms with van der Waals surface area (Å²) in [5, 5.41) is 2.53. The van der Waals surface area contributed by atoms with Crippen molar-refractivity contribution >= 4 is 11.3 Å². The number of benzene rings is 1. The Bertz CT molecular complexity index is 526. The Hall–Kier alpha value is -1.49. The van der Waals surface area contributed by atoms with Crippen molar-refractivity contribution in [3.63, 3.8) is 0 Å². The maximum atomic E-state index is 13.6. The van der Waals surface area contributed by atoms with E-state index < -0.39 is 11.6 Å². The molecule has 1 aromatic heterocycles. The summed E-state index contributed by atoms with van der Waals surface area (Å²) >= 11 is 1.41. The molecular weight excluding hydrogens is 256 g/mol. The van der Waals surface area contributed by atoms with E-state index in [1.807, 2.05) is 13.8 Å². The molecule has 0 saturated heterocycles. The van der Waals surface area contributed by atoms with Gasteiger partial charge in [-0.25, -0.2) is 9.37 Å². The molecule has 0 fully saturated rings. The molecule has 1 heterocycles. The van der Waals surface area contributed by atoms with Crippen LogP contribution in [0.2, 0.25) is 0 Å². The largest absolute Gasteiger partial charge is 0.483 e. The van der Waals surface area contributed by atoms with Crippen LogP contribution in [-0.4, -0.2) is 4.98 Å². The number of halogens is 2. The van der Waals surface area contributed by atoms with Gasteiger partial charge in [0.2, 0.25) is 5.82 Å². The Balaban J connectivity index is 2.20. The molecule has 0 radical (unpaired) electrons. The third-order valence-corrected chi connectivity index (χ3v) is 3.27. The second-order valence-corrected chi connectivity index (χ2v) is 5.16. The summed E-state index contributed by atoms with van der Waals surface area (Å²) in [5.74, 6) is -1.78. The van der Waals surface area contributed by atoms with E-state index in [0.29, 0.717) is 5.56 Å².